The third-order valence-electron chi connectivity index (χ3n) is 4.32. The highest BCUT2D eigenvalue weighted by Crippen LogP contribution is 2.25. The Hall–Kier alpha value is -2.12. The molecule has 136 valence electrons. The van der Waals surface area contributed by atoms with Crippen LogP contribution in [-0.2, 0) is 16.6 Å². The van der Waals surface area contributed by atoms with Gasteiger partial charge in [-0.25, -0.2) is 8.42 Å². The molecule has 0 saturated carbocycles. The van der Waals surface area contributed by atoms with Crippen molar-refractivity contribution < 1.29 is 8.42 Å². The number of halogens is 1. The van der Waals surface area contributed by atoms with Crippen LogP contribution in [0.3, 0.4) is 0 Å². The first-order chi connectivity index (χ1) is 12.3. The SMILES string of the molecule is Cc1ccccc1Cn1nc(C)c(NS(=O)(=O)c2ccc(Br)cc2)c1C. The predicted molar refractivity (Wildman–Crippen MR) is 107 cm³/mol. The van der Waals surface area contributed by atoms with Crippen molar-refractivity contribution >= 4 is 31.6 Å². The lowest BCUT2D eigenvalue weighted by molar-refractivity contribution is 0.601. The molecule has 0 atom stereocenters. The summed E-state index contributed by atoms with van der Waals surface area (Å²) in [6.07, 6.45) is 0. The Morgan fingerprint density at radius 1 is 1.04 bits per heavy atom. The molecule has 5 nitrogen and oxygen atoms in total. The number of hydrogen-bond donors (Lipinski definition) is 1. The van der Waals surface area contributed by atoms with Gasteiger partial charge in [0, 0.05) is 4.47 Å². The largest absolute Gasteiger partial charge is 0.276 e. The zero-order chi connectivity index (χ0) is 18.9. The van der Waals surface area contributed by atoms with Crippen molar-refractivity contribution in [2.45, 2.75) is 32.2 Å². The monoisotopic (exact) mass is 433 g/mol. The molecule has 0 fully saturated rings. The summed E-state index contributed by atoms with van der Waals surface area (Å²) in [6.45, 7) is 6.33. The fourth-order valence-electron chi connectivity index (χ4n) is 2.75. The van der Waals surface area contributed by atoms with Gasteiger partial charge < -0.3 is 0 Å². The molecular weight excluding hydrogens is 414 g/mol. The Morgan fingerprint density at radius 3 is 2.35 bits per heavy atom. The van der Waals surface area contributed by atoms with Gasteiger partial charge in [0.2, 0.25) is 0 Å². The quantitative estimate of drug-likeness (QED) is 0.647. The van der Waals surface area contributed by atoms with E-state index in [0.717, 1.165) is 15.7 Å². The molecule has 0 aliphatic rings. The molecule has 1 N–H and O–H groups in total. The Kier molecular flexibility index (Phi) is 5.20. The number of benzene rings is 2. The summed E-state index contributed by atoms with van der Waals surface area (Å²) < 4.78 is 30.7. The molecule has 7 heteroatoms. The minimum absolute atomic E-state index is 0.214. The molecule has 0 radical (unpaired) electrons. The third kappa shape index (κ3) is 3.83. The smallest absolute Gasteiger partial charge is 0.262 e. The average Bonchev–Trinajstić information content (AvgIpc) is 2.84. The molecule has 2 aromatic carbocycles. The molecule has 0 aliphatic heterocycles. The minimum Gasteiger partial charge on any atom is -0.276 e. The van der Waals surface area contributed by atoms with E-state index in [1.54, 1.807) is 31.2 Å². The Labute approximate surface area is 162 Å². The summed E-state index contributed by atoms with van der Waals surface area (Å²) in [7, 11) is -3.67. The van der Waals surface area contributed by atoms with Crippen molar-refractivity contribution in [3.63, 3.8) is 0 Å². The lowest BCUT2D eigenvalue weighted by Crippen LogP contribution is -2.14. The summed E-state index contributed by atoms with van der Waals surface area (Å²) in [5.41, 5.74) is 4.29. The van der Waals surface area contributed by atoms with Gasteiger partial charge in [0.1, 0.15) is 0 Å². The molecule has 0 aliphatic carbocycles. The molecule has 1 heterocycles. The van der Waals surface area contributed by atoms with Gasteiger partial charge in [0.15, 0.2) is 0 Å². The maximum atomic E-state index is 12.7. The highest BCUT2D eigenvalue weighted by molar-refractivity contribution is 9.10. The van der Waals surface area contributed by atoms with Crippen LogP contribution < -0.4 is 4.72 Å². The van der Waals surface area contributed by atoms with Crippen LogP contribution in [0, 0.1) is 20.8 Å². The van der Waals surface area contributed by atoms with Crippen molar-refractivity contribution in [3.8, 4) is 0 Å². The standard InChI is InChI=1S/C19H20BrN3O2S/c1-13-6-4-5-7-16(13)12-23-15(3)19(14(2)21-23)22-26(24,25)18-10-8-17(20)9-11-18/h4-11,22H,12H2,1-3H3. The number of nitrogens with one attached hydrogen (secondary N) is 1. The molecule has 0 amide bonds. The number of rotatable bonds is 5. The zero-order valence-corrected chi connectivity index (χ0v) is 17.2. The van der Waals surface area contributed by atoms with Crippen LogP contribution in [0.4, 0.5) is 5.69 Å². The van der Waals surface area contributed by atoms with Crippen LogP contribution in [0.25, 0.3) is 0 Å². The first-order valence-electron chi connectivity index (χ1n) is 8.15. The normalized spacial score (nSPS) is 11.5. The highest BCUT2D eigenvalue weighted by Gasteiger charge is 2.20. The maximum absolute atomic E-state index is 12.7. The van der Waals surface area contributed by atoms with Gasteiger partial charge in [-0.1, -0.05) is 40.2 Å². The van der Waals surface area contributed by atoms with Crippen LogP contribution in [0.15, 0.2) is 57.9 Å². The van der Waals surface area contributed by atoms with Crippen LogP contribution in [0.2, 0.25) is 0 Å². The van der Waals surface area contributed by atoms with E-state index >= 15 is 0 Å². The molecule has 3 aromatic rings. The van der Waals surface area contributed by atoms with Gasteiger partial charge in [-0.05, 0) is 56.2 Å². The summed E-state index contributed by atoms with van der Waals surface area (Å²) in [6, 6.07) is 14.6. The van der Waals surface area contributed by atoms with E-state index in [0.29, 0.717) is 17.9 Å². The zero-order valence-electron chi connectivity index (χ0n) is 14.8. The number of nitrogens with zero attached hydrogens (tertiary/aromatic N) is 2. The fraction of sp³-hybridized carbons (Fsp3) is 0.211. The number of hydrogen-bond acceptors (Lipinski definition) is 3. The summed E-state index contributed by atoms with van der Waals surface area (Å²) in [4.78, 5) is 0.214. The van der Waals surface area contributed by atoms with E-state index < -0.39 is 10.0 Å². The van der Waals surface area contributed by atoms with Gasteiger partial charge in [0.05, 0.1) is 28.5 Å². The van der Waals surface area contributed by atoms with E-state index in [-0.39, 0.29) is 4.90 Å². The molecule has 0 saturated heterocycles. The summed E-state index contributed by atoms with van der Waals surface area (Å²) >= 11 is 3.31. The van der Waals surface area contributed by atoms with Crippen LogP contribution in [0.1, 0.15) is 22.5 Å². The first-order valence-corrected chi connectivity index (χ1v) is 10.4. The Balaban J connectivity index is 1.91. The summed E-state index contributed by atoms with van der Waals surface area (Å²) in [5, 5.41) is 4.52. The molecule has 0 bridgehead atoms. The van der Waals surface area contributed by atoms with Crippen molar-refractivity contribution in [2.75, 3.05) is 4.72 Å². The van der Waals surface area contributed by atoms with Crippen molar-refractivity contribution in [3.05, 3.63) is 75.5 Å². The third-order valence-corrected chi connectivity index (χ3v) is 6.22. The molecule has 26 heavy (non-hydrogen) atoms. The van der Waals surface area contributed by atoms with Crippen LogP contribution in [0.5, 0.6) is 0 Å². The lowest BCUT2D eigenvalue weighted by atomic mass is 10.1. The van der Waals surface area contributed by atoms with Crippen LogP contribution in [-0.4, -0.2) is 18.2 Å². The second-order valence-corrected chi connectivity index (χ2v) is 8.79. The van der Waals surface area contributed by atoms with Crippen molar-refractivity contribution in [2.24, 2.45) is 0 Å². The van der Waals surface area contributed by atoms with E-state index in [2.05, 4.69) is 44.8 Å². The Bertz CT molecular complexity index is 1040. The molecule has 0 unspecified atom stereocenters. The average molecular weight is 434 g/mol. The number of aryl methyl sites for hydroxylation is 2. The van der Waals surface area contributed by atoms with E-state index in [9.17, 15) is 8.42 Å². The first kappa shape index (κ1) is 18.7. The van der Waals surface area contributed by atoms with Crippen molar-refractivity contribution in [1.29, 1.82) is 0 Å². The van der Waals surface area contributed by atoms with Crippen LogP contribution >= 0.6 is 15.9 Å². The van der Waals surface area contributed by atoms with Gasteiger partial charge in [-0.3, -0.25) is 9.40 Å². The van der Waals surface area contributed by atoms with Crippen molar-refractivity contribution in [1.82, 2.24) is 9.78 Å². The molecule has 1 aromatic heterocycles. The predicted octanol–water partition coefficient (Wildman–Crippen LogP) is 4.42. The van der Waals surface area contributed by atoms with Gasteiger partial charge in [-0.15, -0.1) is 0 Å². The molecular formula is C19H20BrN3O2S. The Morgan fingerprint density at radius 2 is 1.69 bits per heavy atom. The van der Waals surface area contributed by atoms with E-state index in [1.807, 2.05) is 23.7 Å². The second-order valence-electron chi connectivity index (χ2n) is 6.19. The summed E-state index contributed by atoms with van der Waals surface area (Å²) in [5.74, 6) is 0. The molecule has 0 spiro atoms. The molecule has 3 rings (SSSR count). The highest BCUT2D eigenvalue weighted by atomic mass is 79.9. The lowest BCUT2D eigenvalue weighted by Gasteiger charge is -2.10. The van der Waals surface area contributed by atoms with E-state index in [4.69, 9.17) is 0 Å². The number of sulfonamides is 1. The topological polar surface area (TPSA) is 64.0 Å². The fourth-order valence-corrected chi connectivity index (χ4v) is 4.20. The number of anilines is 1. The van der Waals surface area contributed by atoms with Gasteiger partial charge >= 0.3 is 0 Å². The van der Waals surface area contributed by atoms with E-state index in [1.165, 1.54) is 5.56 Å². The maximum Gasteiger partial charge on any atom is 0.262 e. The van der Waals surface area contributed by atoms with Gasteiger partial charge in [-0.2, -0.15) is 5.10 Å². The number of aromatic nitrogens is 2. The minimum atomic E-state index is -3.67. The second kappa shape index (κ2) is 7.25. The van der Waals surface area contributed by atoms with Gasteiger partial charge in [0.25, 0.3) is 10.0 Å².